The zero-order valence-electron chi connectivity index (χ0n) is 11.1. The highest BCUT2D eigenvalue weighted by Gasteiger charge is 2.38. The van der Waals surface area contributed by atoms with Crippen molar-refractivity contribution in [3.8, 4) is 0 Å². The van der Waals surface area contributed by atoms with Crippen LogP contribution in [-0.4, -0.2) is 38.6 Å². The normalized spacial score (nSPS) is 31.7. The molecule has 3 N–H and O–H groups in total. The summed E-state index contributed by atoms with van der Waals surface area (Å²) in [6.45, 7) is 1.87. The Labute approximate surface area is 111 Å². The van der Waals surface area contributed by atoms with E-state index in [9.17, 15) is 4.79 Å². The van der Waals surface area contributed by atoms with Gasteiger partial charge >= 0.3 is 0 Å². The van der Waals surface area contributed by atoms with Gasteiger partial charge in [-0.25, -0.2) is 0 Å². The molecule has 2 fully saturated rings. The molecule has 2 heterocycles. The SMILES string of the molecule is CC(NC(=O)C1CC2CCCCC2N1)c1nn[nH]n1. The molecule has 1 aliphatic carbocycles. The predicted octanol–water partition coefficient (Wildman–Crippen LogP) is 0.298. The van der Waals surface area contributed by atoms with E-state index < -0.39 is 0 Å². The number of nitrogens with one attached hydrogen (secondary N) is 3. The largest absolute Gasteiger partial charge is 0.345 e. The van der Waals surface area contributed by atoms with E-state index >= 15 is 0 Å². The Morgan fingerprint density at radius 2 is 2.26 bits per heavy atom. The second-order valence-electron chi connectivity index (χ2n) is 5.61. The number of carbonyl (C=O) groups excluding carboxylic acids is 1. The van der Waals surface area contributed by atoms with Gasteiger partial charge in [0.05, 0.1) is 12.1 Å². The first-order chi connectivity index (χ1) is 9.24. The third-order valence-corrected chi connectivity index (χ3v) is 4.29. The summed E-state index contributed by atoms with van der Waals surface area (Å²) < 4.78 is 0. The Morgan fingerprint density at radius 1 is 1.42 bits per heavy atom. The van der Waals surface area contributed by atoms with Gasteiger partial charge in [-0.3, -0.25) is 4.79 Å². The quantitative estimate of drug-likeness (QED) is 0.729. The molecule has 0 bridgehead atoms. The van der Waals surface area contributed by atoms with Crippen molar-refractivity contribution in [3.05, 3.63) is 5.82 Å². The smallest absolute Gasteiger partial charge is 0.237 e. The molecule has 1 saturated carbocycles. The first-order valence-corrected chi connectivity index (χ1v) is 7.04. The van der Waals surface area contributed by atoms with Gasteiger partial charge in [0, 0.05) is 6.04 Å². The molecular weight excluding hydrogens is 244 g/mol. The van der Waals surface area contributed by atoms with Crippen LogP contribution in [0.2, 0.25) is 0 Å². The Kier molecular flexibility index (Phi) is 3.46. The van der Waals surface area contributed by atoms with Crippen molar-refractivity contribution >= 4 is 5.91 Å². The number of fused-ring (bicyclic) bond motifs is 1. The lowest BCUT2D eigenvalue weighted by Gasteiger charge is -2.24. The van der Waals surface area contributed by atoms with Crippen molar-refractivity contribution in [2.75, 3.05) is 0 Å². The number of aromatic nitrogens is 4. The van der Waals surface area contributed by atoms with E-state index in [0.29, 0.717) is 17.8 Å². The molecule has 4 atom stereocenters. The zero-order chi connectivity index (χ0) is 13.2. The minimum absolute atomic E-state index is 0.0479. The molecule has 1 aromatic rings. The zero-order valence-corrected chi connectivity index (χ0v) is 11.1. The van der Waals surface area contributed by atoms with Crippen LogP contribution in [0.5, 0.6) is 0 Å². The van der Waals surface area contributed by atoms with Crippen LogP contribution in [0, 0.1) is 5.92 Å². The number of nitrogens with zero attached hydrogens (tertiary/aromatic N) is 3. The number of rotatable bonds is 3. The highest BCUT2D eigenvalue weighted by atomic mass is 16.2. The van der Waals surface area contributed by atoms with Crippen molar-refractivity contribution in [1.29, 1.82) is 0 Å². The molecule has 1 saturated heterocycles. The van der Waals surface area contributed by atoms with Crippen molar-refractivity contribution in [3.63, 3.8) is 0 Å². The van der Waals surface area contributed by atoms with Crippen molar-refractivity contribution in [2.24, 2.45) is 5.92 Å². The van der Waals surface area contributed by atoms with Crippen molar-refractivity contribution in [1.82, 2.24) is 31.3 Å². The summed E-state index contributed by atoms with van der Waals surface area (Å²) in [5.74, 6) is 1.24. The van der Waals surface area contributed by atoms with Crippen molar-refractivity contribution in [2.45, 2.75) is 57.2 Å². The first kappa shape index (κ1) is 12.5. The summed E-state index contributed by atoms with van der Waals surface area (Å²) in [7, 11) is 0. The van der Waals surface area contributed by atoms with Crippen LogP contribution < -0.4 is 10.6 Å². The lowest BCUT2D eigenvalue weighted by atomic mass is 9.85. The lowest BCUT2D eigenvalue weighted by molar-refractivity contribution is -0.123. The lowest BCUT2D eigenvalue weighted by Crippen LogP contribution is -2.44. The van der Waals surface area contributed by atoms with Gasteiger partial charge in [-0.1, -0.05) is 18.1 Å². The summed E-state index contributed by atoms with van der Waals surface area (Å²) in [6.07, 6.45) is 5.99. The molecule has 4 unspecified atom stereocenters. The third kappa shape index (κ3) is 2.60. The summed E-state index contributed by atoms with van der Waals surface area (Å²) in [5, 5.41) is 20.1. The molecule has 1 aromatic heterocycles. The molecule has 0 aromatic carbocycles. The van der Waals surface area contributed by atoms with Gasteiger partial charge in [0.15, 0.2) is 5.82 Å². The fourth-order valence-electron chi connectivity index (χ4n) is 3.25. The van der Waals surface area contributed by atoms with E-state index in [4.69, 9.17) is 0 Å². The molecule has 7 heteroatoms. The number of aromatic amines is 1. The van der Waals surface area contributed by atoms with Gasteiger partial charge in [0.2, 0.25) is 5.91 Å². The highest BCUT2D eigenvalue weighted by Crippen LogP contribution is 2.33. The van der Waals surface area contributed by atoms with E-state index in [1.165, 1.54) is 25.7 Å². The number of H-pyrrole nitrogens is 1. The number of amides is 1. The third-order valence-electron chi connectivity index (χ3n) is 4.29. The maximum absolute atomic E-state index is 12.2. The van der Waals surface area contributed by atoms with Gasteiger partial charge in [-0.15, -0.1) is 10.2 Å². The Balaban J connectivity index is 1.56. The molecule has 3 rings (SSSR count). The predicted molar refractivity (Wildman–Crippen MR) is 68.0 cm³/mol. The van der Waals surface area contributed by atoms with Gasteiger partial charge in [-0.2, -0.15) is 5.21 Å². The summed E-state index contributed by atoms with van der Waals surface area (Å²) >= 11 is 0. The van der Waals surface area contributed by atoms with E-state index in [1.54, 1.807) is 0 Å². The molecule has 0 spiro atoms. The minimum Gasteiger partial charge on any atom is -0.345 e. The number of carbonyl (C=O) groups is 1. The standard InChI is InChI=1S/C12H20N6O/c1-7(11-15-17-18-16-11)13-12(19)10-6-8-4-2-3-5-9(8)14-10/h7-10,14H,2-6H2,1H3,(H,13,19)(H,15,16,17,18). The maximum atomic E-state index is 12.2. The monoisotopic (exact) mass is 264 g/mol. The van der Waals surface area contributed by atoms with Crippen LogP contribution in [0.3, 0.4) is 0 Å². The second kappa shape index (κ2) is 5.24. The van der Waals surface area contributed by atoms with Crippen LogP contribution in [0.4, 0.5) is 0 Å². The highest BCUT2D eigenvalue weighted by molar-refractivity contribution is 5.82. The van der Waals surface area contributed by atoms with Gasteiger partial charge in [0.1, 0.15) is 0 Å². The second-order valence-corrected chi connectivity index (χ2v) is 5.61. The first-order valence-electron chi connectivity index (χ1n) is 7.04. The van der Waals surface area contributed by atoms with Crippen LogP contribution in [0.15, 0.2) is 0 Å². The average Bonchev–Trinajstić information content (AvgIpc) is 3.07. The van der Waals surface area contributed by atoms with Gasteiger partial charge < -0.3 is 10.6 Å². The Morgan fingerprint density at radius 3 is 3.00 bits per heavy atom. The van der Waals surface area contributed by atoms with E-state index in [1.807, 2.05) is 6.92 Å². The Bertz CT molecular complexity index is 419. The molecular formula is C12H20N6O. The fourth-order valence-corrected chi connectivity index (χ4v) is 3.25. The molecule has 104 valence electrons. The maximum Gasteiger partial charge on any atom is 0.237 e. The molecule has 0 radical (unpaired) electrons. The van der Waals surface area contributed by atoms with E-state index in [0.717, 1.165) is 6.42 Å². The number of hydrogen-bond acceptors (Lipinski definition) is 5. The molecule has 2 aliphatic rings. The van der Waals surface area contributed by atoms with Crippen LogP contribution >= 0.6 is 0 Å². The van der Waals surface area contributed by atoms with Gasteiger partial charge in [-0.05, 0) is 32.1 Å². The minimum atomic E-state index is -0.212. The fraction of sp³-hybridized carbons (Fsp3) is 0.833. The summed E-state index contributed by atoms with van der Waals surface area (Å²) in [4.78, 5) is 12.2. The van der Waals surface area contributed by atoms with E-state index in [-0.39, 0.29) is 18.0 Å². The molecule has 1 amide bonds. The molecule has 19 heavy (non-hydrogen) atoms. The van der Waals surface area contributed by atoms with Crippen LogP contribution in [0.1, 0.15) is 50.9 Å². The van der Waals surface area contributed by atoms with Gasteiger partial charge in [0.25, 0.3) is 0 Å². The number of tetrazole rings is 1. The molecule has 7 nitrogen and oxygen atoms in total. The summed E-state index contributed by atoms with van der Waals surface area (Å²) in [5.41, 5.74) is 0. The van der Waals surface area contributed by atoms with Crippen LogP contribution in [-0.2, 0) is 4.79 Å². The molecule has 1 aliphatic heterocycles. The van der Waals surface area contributed by atoms with E-state index in [2.05, 4.69) is 31.3 Å². The Hall–Kier alpha value is -1.50. The number of hydrogen-bond donors (Lipinski definition) is 3. The topological polar surface area (TPSA) is 95.6 Å². The van der Waals surface area contributed by atoms with Crippen LogP contribution in [0.25, 0.3) is 0 Å². The average molecular weight is 264 g/mol. The van der Waals surface area contributed by atoms with Crippen molar-refractivity contribution < 1.29 is 4.79 Å². The summed E-state index contributed by atoms with van der Waals surface area (Å²) in [6, 6.07) is 0.253.